The van der Waals surface area contributed by atoms with Gasteiger partial charge in [-0.15, -0.1) is 0 Å². The zero-order chi connectivity index (χ0) is 21.6. The molecule has 0 saturated carbocycles. The number of aromatic amines is 1. The first-order valence-electron chi connectivity index (χ1n) is 9.23. The second kappa shape index (κ2) is 10.1. The summed E-state index contributed by atoms with van der Waals surface area (Å²) in [4.78, 5) is 26.4. The van der Waals surface area contributed by atoms with Gasteiger partial charge in [-0.05, 0) is 45.4 Å². The quantitative estimate of drug-likeness (QED) is 0.460. The summed E-state index contributed by atoms with van der Waals surface area (Å²) < 4.78 is 43.3. The first kappa shape index (κ1) is 23.2. The first-order valence-corrected chi connectivity index (χ1v) is 11.0. The van der Waals surface area contributed by atoms with Crippen LogP contribution in [0, 0.1) is 5.82 Å². The van der Waals surface area contributed by atoms with Crippen molar-refractivity contribution in [1.82, 2.24) is 9.55 Å². The number of nitrogens with one attached hydrogen (secondary N) is 1. The van der Waals surface area contributed by atoms with Gasteiger partial charge in [-0.3, -0.25) is 18.9 Å². The minimum Gasteiger partial charge on any atom is -0.367 e. The van der Waals surface area contributed by atoms with Gasteiger partial charge in [0.1, 0.15) is 12.2 Å². The Balaban J connectivity index is 2.07. The van der Waals surface area contributed by atoms with Gasteiger partial charge in [-0.1, -0.05) is 12.1 Å². The Hall–Kier alpha value is -2.06. The van der Waals surface area contributed by atoms with Crippen molar-refractivity contribution >= 4 is 7.60 Å². The number of aromatic nitrogens is 2. The highest BCUT2D eigenvalue weighted by atomic mass is 31.2. The molecule has 0 radical (unpaired) electrons. The van der Waals surface area contributed by atoms with E-state index in [4.69, 9.17) is 13.8 Å². The van der Waals surface area contributed by atoms with Crippen LogP contribution in [-0.2, 0) is 24.9 Å². The largest absolute Gasteiger partial charge is 0.367 e. The number of benzene rings is 1. The second-order valence-corrected chi connectivity index (χ2v) is 8.86. The van der Waals surface area contributed by atoms with Gasteiger partial charge in [0.2, 0.25) is 0 Å². The molecule has 1 aromatic heterocycles. The van der Waals surface area contributed by atoms with E-state index in [2.05, 4.69) is 4.98 Å². The van der Waals surface area contributed by atoms with E-state index in [1.165, 1.54) is 35.0 Å². The lowest BCUT2D eigenvalue weighted by Crippen LogP contribution is -2.31. The number of halogens is 1. The molecule has 2 rings (SSSR count). The van der Waals surface area contributed by atoms with Gasteiger partial charge in [0.25, 0.3) is 5.56 Å². The van der Waals surface area contributed by atoms with Gasteiger partial charge in [-0.2, -0.15) is 0 Å². The number of rotatable bonds is 10. The van der Waals surface area contributed by atoms with E-state index in [1.54, 1.807) is 27.7 Å². The highest BCUT2D eigenvalue weighted by molar-refractivity contribution is 7.53. The predicted octanol–water partition coefficient (Wildman–Crippen LogP) is 3.36. The summed E-state index contributed by atoms with van der Waals surface area (Å²) in [5.41, 5.74) is -0.479. The summed E-state index contributed by atoms with van der Waals surface area (Å²) in [6, 6.07) is 5.37. The molecule has 160 valence electrons. The molecule has 0 amide bonds. The first-order chi connectivity index (χ1) is 13.6. The molecule has 0 aliphatic carbocycles. The normalized spacial score (nSPS) is 12.1. The van der Waals surface area contributed by atoms with E-state index >= 15 is 0 Å². The van der Waals surface area contributed by atoms with Crippen molar-refractivity contribution in [2.75, 3.05) is 13.0 Å². The molecule has 8 nitrogen and oxygen atoms in total. The standard InChI is InChI=1S/C19H26FN2O6P/c1-13(2)27-29(25,28-14(3)4)12-26-10-9-22-11-17(18(23)21-19(22)24)15-5-7-16(20)8-6-15/h5-8,11,13-14H,9-10,12H2,1-4H3,(H,21,23,24). The minimum absolute atomic E-state index is 0.0434. The molecule has 0 fully saturated rings. The smallest absolute Gasteiger partial charge is 0.356 e. The van der Waals surface area contributed by atoms with Crippen molar-refractivity contribution in [3.8, 4) is 11.1 Å². The molecular formula is C19H26FN2O6P. The van der Waals surface area contributed by atoms with Crippen molar-refractivity contribution in [3.05, 3.63) is 57.1 Å². The molecule has 2 aromatic rings. The molecule has 0 aliphatic rings. The van der Waals surface area contributed by atoms with Crippen LogP contribution in [0.1, 0.15) is 27.7 Å². The predicted molar refractivity (Wildman–Crippen MR) is 108 cm³/mol. The maximum absolute atomic E-state index is 13.1. The van der Waals surface area contributed by atoms with E-state index in [0.29, 0.717) is 5.56 Å². The van der Waals surface area contributed by atoms with E-state index in [1.807, 2.05) is 0 Å². The Morgan fingerprint density at radius 1 is 1.07 bits per heavy atom. The fourth-order valence-electron chi connectivity index (χ4n) is 2.58. The molecule has 1 heterocycles. The Morgan fingerprint density at radius 2 is 1.66 bits per heavy atom. The van der Waals surface area contributed by atoms with E-state index < -0.39 is 24.7 Å². The van der Waals surface area contributed by atoms with Crippen LogP contribution in [0.2, 0.25) is 0 Å². The number of hydrogen-bond donors (Lipinski definition) is 1. The summed E-state index contributed by atoms with van der Waals surface area (Å²) in [5, 5.41) is 0. The fourth-order valence-corrected chi connectivity index (χ4v) is 4.39. The maximum atomic E-state index is 13.1. The topological polar surface area (TPSA) is 99.6 Å². The third-order valence-electron chi connectivity index (χ3n) is 3.63. The Bertz CT molecular complexity index is 954. The summed E-state index contributed by atoms with van der Waals surface area (Å²) in [7, 11) is -3.44. The zero-order valence-corrected chi connectivity index (χ0v) is 17.8. The van der Waals surface area contributed by atoms with Gasteiger partial charge in [0.15, 0.2) is 0 Å². The average molecular weight is 428 g/mol. The molecular weight excluding hydrogens is 402 g/mol. The Morgan fingerprint density at radius 3 is 2.21 bits per heavy atom. The number of H-pyrrole nitrogens is 1. The van der Waals surface area contributed by atoms with Crippen molar-refractivity contribution in [2.45, 2.75) is 46.4 Å². The molecule has 1 N–H and O–H groups in total. The maximum Gasteiger partial charge on any atom is 0.356 e. The van der Waals surface area contributed by atoms with Gasteiger partial charge in [0, 0.05) is 6.20 Å². The van der Waals surface area contributed by atoms with E-state index in [0.717, 1.165) is 0 Å². The van der Waals surface area contributed by atoms with Crippen LogP contribution in [-0.4, -0.2) is 34.7 Å². The fraction of sp³-hybridized carbons (Fsp3) is 0.474. The minimum atomic E-state index is -3.44. The highest BCUT2D eigenvalue weighted by Crippen LogP contribution is 2.50. The van der Waals surface area contributed by atoms with Crippen LogP contribution in [0.15, 0.2) is 40.1 Å². The van der Waals surface area contributed by atoms with Crippen LogP contribution in [0.25, 0.3) is 11.1 Å². The third kappa shape index (κ3) is 7.04. The molecule has 0 atom stereocenters. The number of ether oxygens (including phenoxy) is 1. The molecule has 29 heavy (non-hydrogen) atoms. The van der Waals surface area contributed by atoms with Crippen molar-refractivity contribution in [1.29, 1.82) is 0 Å². The Kier molecular flexibility index (Phi) is 8.10. The van der Waals surface area contributed by atoms with Crippen molar-refractivity contribution in [3.63, 3.8) is 0 Å². The molecule has 0 saturated heterocycles. The van der Waals surface area contributed by atoms with Crippen LogP contribution in [0.4, 0.5) is 4.39 Å². The van der Waals surface area contributed by atoms with Crippen molar-refractivity contribution < 1.29 is 22.7 Å². The average Bonchev–Trinajstić information content (AvgIpc) is 2.59. The highest BCUT2D eigenvalue weighted by Gasteiger charge is 2.28. The van der Waals surface area contributed by atoms with Gasteiger partial charge in [-0.25, -0.2) is 9.18 Å². The SMILES string of the molecule is CC(C)OP(=O)(COCCn1cc(-c2ccc(F)cc2)c(=O)[nH]c1=O)OC(C)C. The van der Waals surface area contributed by atoms with Crippen LogP contribution in [0.3, 0.4) is 0 Å². The van der Waals surface area contributed by atoms with Crippen LogP contribution in [0.5, 0.6) is 0 Å². The van der Waals surface area contributed by atoms with Crippen LogP contribution < -0.4 is 11.2 Å². The monoisotopic (exact) mass is 428 g/mol. The van der Waals surface area contributed by atoms with Gasteiger partial charge < -0.3 is 13.8 Å². The third-order valence-corrected chi connectivity index (χ3v) is 5.62. The van der Waals surface area contributed by atoms with Gasteiger partial charge >= 0.3 is 13.3 Å². The summed E-state index contributed by atoms with van der Waals surface area (Å²) in [6.07, 6.45) is 0.519. The molecule has 0 bridgehead atoms. The van der Waals surface area contributed by atoms with Crippen molar-refractivity contribution in [2.24, 2.45) is 0 Å². The number of hydrogen-bond acceptors (Lipinski definition) is 6. The molecule has 1 aromatic carbocycles. The molecule has 10 heteroatoms. The zero-order valence-electron chi connectivity index (χ0n) is 16.9. The lowest BCUT2D eigenvalue weighted by Gasteiger charge is -2.22. The number of nitrogens with zero attached hydrogens (tertiary/aromatic N) is 1. The molecule has 0 spiro atoms. The summed E-state index contributed by atoms with van der Waals surface area (Å²) in [5.74, 6) is -0.427. The van der Waals surface area contributed by atoms with Gasteiger partial charge in [0.05, 0.1) is 30.9 Å². The van der Waals surface area contributed by atoms with Crippen LogP contribution >= 0.6 is 7.60 Å². The summed E-state index contributed by atoms with van der Waals surface area (Å²) in [6.45, 7) is 7.12. The van der Waals surface area contributed by atoms with E-state index in [-0.39, 0.29) is 37.3 Å². The van der Waals surface area contributed by atoms with E-state index in [9.17, 15) is 18.5 Å². The Labute approximate surface area is 168 Å². The lowest BCUT2D eigenvalue weighted by molar-refractivity contribution is 0.0955. The molecule has 0 unspecified atom stereocenters. The molecule has 0 aliphatic heterocycles. The summed E-state index contributed by atoms with van der Waals surface area (Å²) >= 11 is 0. The lowest BCUT2D eigenvalue weighted by atomic mass is 10.1. The second-order valence-electron chi connectivity index (χ2n) is 6.96.